The summed E-state index contributed by atoms with van der Waals surface area (Å²) in [6.07, 6.45) is 1.82. The van der Waals surface area contributed by atoms with Gasteiger partial charge in [-0.3, -0.25) is 0 Å². The molecule has 1 heterocycles. The van der Waals surface area contributed by atoms with Gasteiger partial charge in [0.25, 0.3) is 0 Å². The van der Waals surface area contributed by atoms with Crippen molar-refractivity contribution in [2.45, 2.75) is 26.8 Å². The summed E-state index contributed by atoms with van der Waals surface area (Å²) in [7, 11) is 1.97. The third-order valence-electron chi connectivity index (χ3n) is 3.29. The number of imidazole rings is 1. The van der Waals surface area contributed by atoms with Crippen molar-refractivity contribution in [1.82, 2.24) is 9.55 Å². The number of ether oxygens (including phenoxy) is 2. The summed E-state index contributed by atoms with van der Waals surface area (Å²) in [5, 5.41) is 0. The number of hydrogen-bond donors (Lipinski definition) is 1. The van der Waals surface area contributed by atoms with Gasteiger partial charge < -0.3 is 19.8 Å². The minimum Gasteiger partial charge on any atom is -0.490 e. The summed E-state index contributed by atoms with van der Waals surface area (Å²) < 4.78 is 13.3. The number of benzene rings is 1. The second kappa shape index (κ2) is 6.63. The smallest absolute Gasteiger partial charge is 0.161 e. The first-order valence-corrected chi connectivity index (χ1v) is 7.25. The Kier molecular flexibility index (Phi) is 4.85. The van der Waals surface area contributed by atoms with Crippen molar-refractivity contribution in [3.8, 4) is 22.9 Å². The largest absolute Gasteiger partial charge is 0.490 e. The molecule has 21 heavy (non-hydrogen) atoms. The molecule has 0 aliphatic heterocycles. The zero-order valence-corrected chi connectivity index (χ0v) is 13.1. The maximum absolute atomic E-state index is 5.94. The average Bonchev–Trinajstić information content (AvgIpc) is 2.83. The van der Waals surface area contributed by atoms with E-state index in [0.29, 0.717) is 13.2 Å². The van der Waals surface area contributed by atoms with E-state index in [1.165, 1.54) is 0 Å². The van der Waals surface area contributed by atoms with Crippen LogP contribution in [0.5, 0.6) is 11.5 Å². The summed E-state index contributed by atoms with van der Waals surface area (Å²) in [5.41, 5.74) is 7.92. The second-order valence-corrected chi connectivity index (χ2v) is 4.88. The number of nitrogens with two attached hydrogens (primary N) is 1. The normalized spacial score (nSPS) is 12.2. The molecule has 1 atom stereocenters. The van der Waals surface area contributed by atoms with Gasteiger partial charge in [0.2, 0.25) is 0 Å². The van der Waals surface area contributed by atoms with Crippen molar-refractivity contribution in [3.63, 3.8) is 0 Å². The molecule has 0 amide bonds. The van der Waals surface area contributed by atoms with Gasteiger partial charge in [0.15, 0.2) is 11.5 Å². The molecule has 0 saturated heterocycles. The number of nitrogens with zero attached hydrogens (tertiary/aromatic N) is 2. The lowest BCUT2D eigenvalue weighted by molar-refractivity contribution is 0.288. The molecule has 2 N–H and O–H groups in total. The molecule has 0 radical (unpaired) electrons. The third kappa shape index (κ3) is 3.19. The quantitative estimate of drug-likeness (QED) is 0.888. The summed E-state index contributed by atoms with van der Waals surface area (Å²) in [6, 6.07) is 5.82. The Labute approximate surface area is 125 Å². The molecule has 5 heteroatoms. The van der Waals surface area contributed by atoms with Crippen LogP contribution in [0.3, 0.4) is 0 Å². The maximum atomic E-state index is 5.94. The molecule has 114 valence electrons. The van der Waals surface area contributed by atoms with Crippen molar-refractivity contribution >= 4 is 0 Å². The molecular weight excluding hydrogens is 266 g/mol. The van der Waals surface area contributed by atoms with Crippen molar-refractivity contribution in [2.24, 2.45) is 12.8 Å². The first kappa shape index (κ1) is 15.4. The molecule has 5 nitrogen and oxygen atoms in total. The standard InChI is InChI=1S/C16H23N3O2/c1-5-20-14-8-7-12(9-15(14)21-6-2)16-18-10-13(11(3)17)19(16)4/h7-11H,5-6,17H2,1-4H3. The molecule has 0 fully saturated rings. The van der Waals surface area contributed by atoms with Crippen LogP contribution in [0.15, 0.2) is 24.4 Å². The van der Waals surface area contributed by atoms with Crippen LogP contribution in [-0.4, -0.2) is 22.8 Å². The molecule has 2 rings (SSSR count). The predicted molar refractivity (Wildman–Crippen MR) is 83.6 cm³/mol. The molecule has 1 aromatic heterocycles. The zero-order valence-electron chi connectivity index (χ0n) is 13.1. The average molecular weight is 289 g/mol. The fraction of sp³-hybridized carbons (Fsp3) is 0.438. The Balaban J connectivity index is 2.42. The molecule has 0 bridgehead atoms. The summed E-state index contributed by atoms with van der Waals surface area (Å²) >= 11 is 0. The van der Waals surface area contributed by atoms with E-state index in [1.807, 2.05) is 56.8 Å². The van der Waals surface area contributed by atoms with Gasteiger partial charge in [0.1, 0.15) is 5.82 Å². The Morgan fingerprint density at radius 1 is 1.19 bits per heavy atom. The van der Waals surface area contributed by atoms with Crippen LogP contribution in [0.2, 0.25) is 0 Å². The third-order valence-corrected chi connectivity index (χ3v) is 3.29. The first-order chi connectivity index (χ1) is 10.1. The van der Waals surface area contributed by atoms with E-state index >= 15 is 0 Å². The Morgan fingerprint density at radius 2 is 1.86 bits per heavy atom. The van der Waals surface area contributed by atoms with Gasteiger partial charge >= 0.3 is 0 Å². The van der Waals surface area contributed by atoms with Crippen LogP contribution in [-0.2, 0) is 7.05 Å². The summed E-state index contributed by atoms with van der Waals surface area (Å²) in [6.45, 7) is 7.06. The molecule has 0 aliphatic rings. The highest BCUT2D eigenvalue weighted by molar-refractivity contribution is 5.62. The maximum Gasteiger partial charge on any atom is 0.161 e. The van der Waals surface area contributed by atoms with E-state index < -0.39 is 0 Å². The fourth-order valence-corrected chi connectivity index (χ4v) is 2.30. The summed E-state index contributed by atoms with van der Waals surface area (Å²) in [4.78, 5) is 4.47. The van der Waals surface area contributed by atoms with Crippen molar-refractivity contribution < 1.29 is 9.47 Å². The monoisotopic (exact) mass is 289 g/mol. The first-order valence-electron chi connectivity index (χ1n) is 7.25. The van der Waals surface area contributed by atoms with E-state index in [0.717, 1.165) is 28.6 Å². The van der Waals surface area contributed by atoms with E-state index in [4.69, 9.17) is 15.2 Å². The second-order valence-electron chi connectivity index (χ2n) is 4.88. The molecule has 0 aliphatic carbocycles. The Bertz CT molecular complexity index is 606. The van der Waals surface area contributed by atoms with Crippen LogP contribution >= 0.6 is 0 Å². The van der Waals surface area contributed by atoms with Gasteiger partial charge in [0, 0.05) is 18.7 Å². The van der Waals surface area contributed by atoms with E-state index in [2.05, 4.69) is 4.98 Å². The lowest BCUT2D eigenvalue weighted by atomic mass is 10.2. The minimum absolute atomic E-state index is 0.0506. The molecule has 1 unspecified atom stereocenters. The van der Waals surface area contributed by atoms with Crippen LogP contribution < -0.4 is 15.2 Å². The van der Waals surface area contributed by atoms with Crippen molar-refractivity contribution in [3.05, 3.63) is 30.1 Å². The minimum atomic E-state index is -0.0506. The highest BCUT2D eigenvalue weighted by Gasteiger charge is 2.14. The molecule has 1 aromatic carbocycles. The topological polar surface area (TPSA) is 62.3 Å². The van der Waals surface area contributed by atoms with Crippen LogP contribution in [0, 0.1) is 0 Å². The predicted octanol–water partition coefficient (Wildman–Crippen LogP) is 2.90. The van der Waals surface area contributed by atoms with E-state index in [1.54, 1.807) is 0 Å². The van der Waals surface area contributed by atoms with E-state index in [9.17, 15) is 0 Å². The van der Waals surface area contributed by atoms with Crippen LogP contribution in [0.4, 0.5) is 0 Å². The van der Waals surface area contributed by atoms with Gasteiger partial charge in [-0.05, 0) is 39.0 Å². The Hall–Kier alpha value is -2.01. The highest BCUT2D eigenvalue weighted by Crippen LogP contribution is 2.32. The van der Waals surface area contributed by atoms with Crippen LogP contribution in [0.25, 0.3) is 11.4 Å². The SMILES string of the molecule is CCOc1ccc(-c2ncc(C(C)N)n2C)cc1OCC. The molecule has 0 saturated carbocycles. The molecular formula is C16H23N3O2. The lowest BCUT2D eigenvalue weighted by Crippen LogP contribution is -2.10. The van der Waals surface area contributed by atoms with Gasteiger partial charge in [-0.25, -0.2) is 4.98 Å². The highest BCUT2D eigenvalue weighted by atomic mass is 16.5. The fourth-order valence-electron chi connectivity index (χ4n) is 2.30. The van der Waals surface area contributed by atoms with Gasteiger partial charge in [-0.2, -0.15) is 0 Å². The van der Waals surface area contributed by atoms with Gasteiger partial charge in [-0.1, -0.05) is 0 Å². The van der Waals surface area contributed by atoms with Gasteiger partial charge in [-0.15, -0.1) is 0 Å². The molecule has 2 aromatic rings. The van der Waals surface area contributed by atoms with Crippen LogP contribution in [0.1, 0.15) is 32.5 Å². The van der Waals surface area contributed by atoms with E-state index in [-0.39, 0.29) is 6.04 Å². The van der Waals surface area contributed by atoms with Gasteiger partial charge in [0.05, 0.1) is 25.1 Å². The zero-order chi connectivity index (χ0) is 15.4. The number of hydrogen-bond acceptors (Lipinski definition) is 4. The number of aromatic nitrogens is 2. The van der Waals surface area contributed by atoms with Crippen molar-refractivity contribution in [1.29, 1.82) is 0 Å². The Morgan fingerprint density at radius 3 is 2.43 bits per heavy atom. The van der Waals surface area contributed by atoms with Crippen molar-refractivity contribution in [2.75, 3.05) is 13.2 Å². The molecule has 0 spiro atoms. The number of rotatable bonds is 6. The lowest BCUT2D eigenvalue weighted by Gasteiger charge is -2.13. The summed E-state index contributed by atoms with van der Waals surface area (Å²) in [5.74, 6) is 2.36.